The number of rotatable bonds is 7. The molecule has 0 aromatic rings. The van der Waals surface area contributed by atoms with Gasteiger partial charge in [-0.1, -0.05) is 0 Å². The van der Waals surface area contributed by atoms with Gasteiger partial charge in [0.25, 0.3) is 11.0 Å². The summed E-state index contributed by atoms with van der Waals surface area (Å²) in [5.74, 6) is -3.33. The molecule has 10 heteroatoms. The Morgan fingerprint density at radius 3 is 2.36 bits per heavy atom. The van der Waals surface area contributed by atoms with Crippen molar-refractivity contribution in [3.63, 3.8) is 0 Å². The van der Waals surface area contributed by atoms with Crippen LogP contribution in [0.3, 0.4) is 0 Å². The number of carbonyl (C=O) groups excluding carboxylic acids is 4. The third-order valence-corrected chi connectivity index (χ3v) is 2.49. The highest BCUT2D eigenvalue weighted by atomic mass is 35.5. The molecule has 0 amide bonds. The van der Waals surface area contributed by atoms with Crippen molar-refractivity contribution in [2.24, 2.45) is 0 Å². The number of aliphatic hydroxyl groups is 1. The minimum Gasteiger partial charge on any atom is -0.448 e. The van der Waals surface area contributed by atoms with Crippen molar-refractivity contribution in [3.05, 3.63) is 11.5 Å². The van der Waals surface area contributed by atoms with Crippen molar-refractivity contribution in [2.75, 3.05) is 6.61 Å². The summed E-state index contributed by atoms with van der Waals surface area (Å²) < 4.78 is 19.0. The lowest BCUT2D eigenvalue weighted by molar-refractivity contribution is -0.153. The second-order valence-electron chi connectivity index (χ2n) is 4.09. The van der Waals surface area contributed by atoms with Gasteiger partial charge in [-0.05, 0) is 11.6 Å². The van der Waals surface area contributed by atoms with E-state index in [1.807, 2.05) is 0 Å². The average Bonchev–Trinajstić information content (AvgIpc) is 2.65. The van der Waals surface area contributed by atoms with Crippen LogP contribution in [0.1, 0.15) is 20.3 Å². The van der Waals surface area contributed by atoms with Crippen molar-refractivity contribution < 1.29 is 43.2 Å². The summed E-state index contributed by atoms with van der Waals surface area (Å²) in [6.07, 6.45) is -2.96. The number of esters is 3. The quantitative estimate of drug-likeness (QED) is 0.289. The van der Waals surface area contributed by atoms with Crippen LogP contribution < -0.4 is 0 Å². The first-order valence-corrected chi connectivity index (χ1v) is 6.41. The molecule has 0 spiro atoms. The fourth-order valence-corrected chi connectivity index (χ4v) is 1.59. The molecule has 1 aliphatic heterocycles. The Kier molecular flexibility index (Phi) is 6.47. The minimum atomic E-state index is -1.83. The highest BCUT2D eigenvalue weighted by molar-refractivity contribution is 6.64. The van der Waals surface area contributed by atoms with Gasteiger partial charge < -0.3 is 24.1 Å². The molecular weight excluding hydrogens is 324 g/mol. The van der Waals surface area contributed by atoms with Crippen LogP contribution in [0.25, 0.3) is 0 Å². The summed E-state index contributed by atoms with van der Waals surface area (Å²) in [7, 11) is 0. The predicted molar refractivity (Wildman–Crippen MR) is 67.9 cm³/mol. The van der Waals surface area contributed by atoms with Crippen molar-refractivity contribution in [1.82, 2.24) is 0 Å². The van der Waals surface area contributed by atoms with E-state index >= 15 is 0 Å². The molecule has 1 unspecified atom stereocenters. The first kappa shape index (κ1) is 18.1. The van der Waals surface area contributed by atoms with Crippen LogP contribution in [0, 0.1) is 0 Å². The van der Waals surface area contributed by atoms with E-state index in [0.29, 0.717) is 0 Å². The summed E-state index contributed by atoms with van der Waals surface area (Å²) >= 11 is 4.99. The number of aliphatic hydroxyl groups excluding tert-OH is 1. The Balaban J connectivity index is 2.78. The van der Waals surface area contributed by atoms with Gasteiger partial charge in [-0.25, -0.2) is 4.79 Å². The van der Waals surface area contributed by atoms with Gasteiger partial charge in [-0.3, -0.25) is 14.4 Å². The summed E-state index contributed by atoms with van der Waals surface area (Å²) in [5, 5.41) is 7.95. The summed E-state index contributed by atoms with van der Waals surface area (Å²) in [6, 6.07) is 0. The highest BCUT2D eigenvalue weighted by Gasteiger charge is 2.39. The Morgan fingerprint density at radius 2 is 1.86 bits per heavy atom. The first-order valence-electron chi connectivity index (χ1n) is 6.03. The predicted octanol–water partition coefficient (Wildman–Crippen LogP) is -0.260. The molecule has 0 aromatic heterocycles. The van der Waals surface area contributed by atoms with Gasteiger partial charge in [0.05, 0.1) is 6.61 Å². The lowest BCUT2D eigenvalue weighted by atomic mass is 10.2. The van der Waals surface area contributed by atoms with E-state index in [4.69, 9.17) is 26.2 Å². The molecule has 1 N–H and O–H groups in total. The Bertz CT molecular complexity index is 525. The fourth-order valence-electron chi connectivity index (χ4n) is 1.53. The van der Waals surface area contributed by atoms with Crippen molar-refractivity contribution in [1.29, 1.82) is 0 Å². The number of carbonyl (C=O) groups is 4. The number of cyclic esters (lactones) is 1. The zero-order chi connectivity index (χ0) is 16.9. The molecule has 2 atom stereocenters. The Hall–Kier alpha value is -1.97. The van der Waals surface area contributed by atoms with E-state index in [1.54, 1.807) is 0 Å². The number of ether oxygens (including phenoxy) is 4. The van der Waals surface area contributed by atoms with E-state index in [0.717, 1.165) is 13.8 Å². The molecule has 0 aromatic carbocycles. The molecule has 0 aliphatic carbocycles. The molecule has 0 fully saturated rings. The molecule has 1 aliphatic rings. The molecule has 1 heterocycles. The van der Waals surface area contributed by atoms with Crippen LogP contribution in [-0.2, 0) is 38.1 Å². The largest absolute Gasteiger partial charge is 0.448 e. The molecule has 1 rings (SSSR count). The number of hydrogen-bond acceptors (Lipinski definition) is 9. The van der Waals surface area contributed by atoms with E-state index < -0.39 is 41.3 Å². The van der Waals surface area contributed by atoms with Gasteiger partial charge in [0.15, 0.2) is 11.9 Å². The topological polar surface area (TPSA) is 125 Å². The normalized spacial score (nSPS) is 18.7. The first-order chi connectivity index (χ1) is 10.2. The Labute approximate surface area is 129 Å². The maximum atomic E-state index is 11.6. The second kappa shape index (κ2) is 7.87. The van der Waals surface area contributed by atoms with Crippen LogP contribution in [0.15, 0.2) is 11.5 Å². The van der Waals surface area contributed by atoms with Crippen LogP contribution in [-0.4, -0.2) is 47.3 Å². The van der Waals surface area contributed by atoms with Gasteiger partial charge in [0.2, 0.25) is 6.29 Å². The average molecular weight is 337 g/mol. The second-order valence-corrected chi connectivity index (χ2v) is 4.46. The third-order valence-electron chi connectivity index (χ3n) is 2.30. The highest BCUT2D eigenvalue weighted by Crippen LogP contribution is 2.27. The van der Waals surface area contributed by atoms with Crippen molar-refractivity contribution in [3.8, 4) is 0 Å². The van der Waals surface area contributed by atoms with Gasteiger partial charge in [-0.2, -0.15) is 0 Å². The molecule has 0 saturated heterocycles. The molecular formula is C12H13ClO9. The van der Waals surface area contributed by atoms with E-state index in [-0.39, 0.29) is 18.8 Å². The van der Waals surface area contributed by atoms with Crippen LogP contribution >= 0.6 is 11.6 Å². The smallest absolute Gasteiger partial charge is 0.378 e. The van der Waals surface area contributed by atoms with Gasteiger partial charge in [0.1, 0.15) is 0 Å². The SMILES string of the molecule is CC(=O)OC1=C(OC(C)=O)[C@@H](CCOC(O)C(=O)Cl)OC1=O. The molecule has 0 bridgehead atoms. The molecule has 0 radical (unpaired) electrons. The van der Waals surface area contributed by atoms with E-state index in [9.17, 15) is 19.2 Å². The Morgan fingerprint density at radius 1 is 1.27 bits per heavy atom. The monoisotopic (exact) mass is 336 g/mol. The summed E-state index contributed by atoms with van der Waals surface area (Å²) in [6.45, 7) is 1.91. The number of hydrogen-bond donors (Lipinski definition) is 1. The number of halogens is 1. The maximum absolute atomic E-state index is 11.6. The third kappa shape index (κ3) is 5.10. The minimum absolute atomic E-state index is 0.0691. The van der Waals surface area contributed by atoms with Crippen LogP contribution in [0.4, 0.5) is 0 Å². The standard InChI is InChI=1S/C12H13ClO9/c1-5(14)20-8-7(3-4-19-12(18)10(13)16)22-11(17)9(8)21-6(2)15/h7,12,18H,3-4H2,1-2H3/t7-,12?/m1/s1. The van der Waals surface area contributed by atoms with Crippen molar-refractivity contribution >= 4 is 34.8 Å². The lowest BCUT2D eigenvalue weighted by Crippen LogP contribution is -2.23. The fraction of sp³-hybridized carbons (Fsp3) is 0.500. The summed E-state index contributed by atoms with van der Waals surface area (Å²) in [4.78, 5) is 44.2. The maximum Gasteiger partial charge on any atom is 0.378 e. The van der Waals surface area contributed by atoms with E-state index in [2.05, 4.69) is 9.47 Å². The van der Waals surface area contributed by atoms with Gasteiger partial charge >= 0.3 is 17.9 Å². The summed E-state index contributed by atoms with van der Waals surface area (Å²) in [5.41, 5.74) is 0. The molecule has 22 heavy (non-hydrogen) atoms. The van der Waals surface area contributed by atoms with Gasteiger partial charge in [0, 0.05) is 20.3 Å². The molecule has 9 nitrogen and oxygen atoms in total. The molecule has 0 saturated carbocycles. The van der Waals surface area contributed by atoms with Crippen molar-refractivity contribution in [2.45, 2.75) is 32.7 Å². The van der Waals surface area contributed by atoms with E-state index in [1.165, 1.54) is 0 Å². The molecule has 122 valence electrons. The van der Waals surface area contributed by atoms with Crippen LogP contribution in [0.2, 0.25) is 0 Å². The zero-order valence-corrected chi connectivity index (χ0v) is 12.4. The van der Waals surface area contributed by atoms with Gasteiger partial charge in [-0.15, -0.1) is 0 Å². The lowest BCUT2D eigenvalue weighted by Gasteiger charge is -2.14. The zero-order valence-electron chi connectivity index (χ0n) is 11.7. The van der Waals surface area contributed by atoms with Crippen LogP contribution in [0.5, 0.6) is 0 Å².